The Morgan fingerprint density at radius 1 is 0.500 bits per heavy atom. The number of rotatable bonds is 47. The van der Waals surface area contributed by atoms with Gasteiger partial charge in [-0.3, -0.25) is 13.8 Å². The Bertz CT molecular complexity index is 1320. The van der Waals surface area contributed by atoms with Crippen molar-refractivity contribution in [2.45, 2.75) is 206 Å². The molecule has 3 atom stereocenters. The fourth-order valence-corrected chi connectivity index (χ4v) is 7.24. The van der Waals surface area contributed by atoms with E-state index >= 15 is 0 Å². The smallest absolute Gasteiger partial charge is 0.457 e. The summed E-state index contributed by atoms with van der Waals surface area (Å²) in [6, 6.07) is 0. The second kappa shape index (κ2) is 49.8. The van der Waals surface area contributed by atoms with Crippen LogP contribution in [0.25, 0.3) is 0 Å². The molecular weight excluding hydrogens is 824 g/mol. The van der Waals surface area contributed by atoms with Crippen molar-refractivity contribution in [3.05, 3.63) is 97.2 Å². The first-order valence-electron chi connectivity index (χ1n) is 25.2. The van der Waals surface area contributed by atoms with E-state index in [9.17, 15) is 19.4 Å². The summed E-state index contributed by atoms with van der Waals surface area (Å²) >= 11 is 0. The molecule has 0 bridgehead atoms. The number of carbonyl (C=O) groups excluding carboxylic acids is 1. The molecule has 64 heavy (non-hydrogen) atoms. The van der Waals surface area contributed by atoms with Gasteiger partial charge in [0, 0.05) is 13.0 Å². The summed E-state index contributed by atoms with van der Waals surface area (Å²) in [5.41, 5.74) is 0. The lowest BCUT2D eigenvalue weighted by molar-refractivity contribution is -0.154. The van der Waals surface area contributed by atoms with Crippen LogP contribution in [0.2, 0.25) is 0 Å². The van der Waals surface area contributed by atoms with Gasteiger partial charge >= 0.3 is 13.8 Å². The van der Waals surface area contributed by atoms with E-state index in [1.165, 1.54) is 64.2 Å². The normalized spacial score (nSPS) is 14.6. The number of carbonyl (C=O) groups is 1. The molecule has 0 rings (SSSR count). The first kappa shape index (κ1) is 61.4. The van der Waals surface area contributed by atoms with Gasteiger partial charge in [0.1, 0.15) is 12.2 Å². The largest absolute Gasteiger partial charge is 0.472 e. The Morgan fingerprint density at radius 2 is 0.891 bits per heavy atom. The average molecular weight is 917 g/mol. The zero-order valence-corrected chi connectivity index (χ0v) is 41.4. The molecule has 0 amide bonds. The Morgan fingerprint density at radius 3 is 1.34 bits per heavy atom. The van der Waals surface area contributed by atoms with Crippen LogP contribution in [0.1, 0.15) is 194 Å². The number of hydrogen-bond donors (Lipinski definition) is 3. The molecule has 10 heteroatoms. The van der Waals surface area contributed by atoms with Crippen molar-refractivity contribution in [3.63, 3.8) is 0 Å². The summed E-state index contributed by atoms with van der Waals surface area (Å²) in [5, 5.41) is 18.4. The summed E-state index contributed by atoms with van der Waals surface area (Å²) in [4.78, 5) is 22.7. The topological polar surface area (TPSA) is 132 Å². The van der Waals surface area contributed by atoms with Crippen LogP contribution < -0.4 is 0 Å². The van der Waals surface area contributed by atoms with Crippen LogP contribution in [0, 0.1) is 0 Å². The number of esters is 1. The molecule has 0 aromatic carbocycles. The number of aliphatic hydroxyl groups is 2. The third-order valence-corrected chi connectivity index (χ3v) is 11.2. The van der Waals surface area contributed by atoms with Crippen LogP contribution in [-0.4, -0.2) is 66.3 Å². The summed E-state index contributed by atoms with van der Waals surface area (Å²) in [5.74, 6) is -0.408. The highest BCUT2D eigenvalue weighted by molar-refractivity contribution is 7.47. The predicted molar refractivity (Wildman–Crippen MR) is 269 cm³/mol. The highest BCUT2D eigenvalue weighted by atomic mass is 31.2. The van der Waals surface area contributed by atoms with E-state index in [1.807, 2.05) is 0 Å². The Labute approximate surface area is 391 Å². The van der Waals surface area contributed by atoms with Gasteiger partial charge in [-0.15, -0.1) is 0 Å². The minimum Gasteiger partial charge on any atom is -0.457 e. The van der Waals surface area contributed by atoms with Gasteiger partial charge in [0.15, 0.2) is 0 Å². The van der Waals surface area contributed by atoms with Gasteiger partial charge in [0.2, 0.25) is 0 Å². The molecule has 0 saturated carbocycles. The summed E-state index contributed by atoms with van der Waals surface area (Å²) in [6.07, 6.45) is 63.7. The van der Waals surface area contributed by atoms with Gasteiger partial charge in [-0.05, 0) is 96.3 Å². The SMILES string of the molecule is CC/C=C\C/C=C\C/C=C\C/C=C\C/C=C\CCCCCCCC(=O)OC(COCCCCCCCCC/C=C\C/C=C\C/C=C\CCCCCCC)COP(=O)(O)OCC(O)CO. The van der Waals surface area contributed by atoms with E-state index < -0.39 is 45.8 Å². The third-order valence-electron chi connectivity index (χ3n) is 10.3. The number of allylic oxidation sites excluding steroid dienone is 16. The first-order valence-corrected chi connectivity index (χ1v) is 26.7. The monoisotopic (exact) mass is 917 g/mol. The fraction of sp³-hybridized carbons (Fsp3) is 0.685. The minimum absolute atomic E-state index is 0.0282. The second-order valence-electron chi connectivity index (χ2n) is 16.4. The van der Waals surface area contributed by atoms with Crippen molar-refractivity contribution < 1.29 is 43.0 Å². The molecule has 0 fully saturated rings. The van der Waals surface area contributed by atoms with Gasteiger partial charge in [-0.25, -0.2) is 4.57 Å². The number of unbranched alkanes of at least 4 members (excludes halogenated alkanes) is 17. The van der Waals surface area contributed by atoms with Gasteiger partial charge in [0.05, 0.1) is 26.4 Å². The maximum atomic E-state index is 12.7. The number of hydrogen-bond acceptors (Lipinski definition) is 8. The van der Waals surface area contributed by atoms with E-state index in [2.05, 4.69) is 111 Å². The quantitative estimate of drug-likeness (QED) is 0.0236. The molecule has 0 heterocycles. The first-order chi connectivity index (χ1) is 31.3. The van der Waals surface area contributed by atoms with Gasteiger partial charge in [-0.1, -0.05) is 188 Å². The van der Waals surface area contributed by atoms with Crippen molar-refractivity contribution in [2.75, 3.05) is 33.0 Å². The summed E-state index contributed by atoms with van der Waals surface area (Å²) < 4.78 is 33.5. The van der Waals surface area contributed by atoms with Crippen LogP contribution in [0.5, 0.6) is 0 Å². The highest BCUT2D eigenvalue weighted by Crippen LogP contribution is 2.43. The Kier molecular flexibility index (Phi) is 47.8. The van der Waals surface area contributed by atoms with Gasteiger partial charge < -0.3 is 24.6 Å². The summed E-state index contributed by atoms with van der Waals surface area (Å²) in [7, 11) is -4.54. The zero-order chi connectivity index (χ0) is 46.7. The van der Waals surface area contributed by atoms with Gasteiger partial charge in [0.25, 0.3) is 0 Å². The molecule has 0 radical (unpaired) electrons. The fourth-order valence-electron chi connectivity index (χ4n) is 6.45. The van der Waals surface area contributed by atoms with E-state index in [-0.39, 0.29) is 13.0 Å². The Balaban J connectivity index is 4.19. The molecular formula is C54H93O9P. The molecule has 3 unspecified atom stereocenters. The average Bonchev–Trinajstić information content (AvgIpc) is 3.29. The maximum absolute atomic E-state index is 12.7. The second-order valence-corrected chi connectivity index (χ2v) is 17.9. The van der Waals surface area contributed by atoms with E-state index in [4.69, 9.17) is 23.6 Å². The molecule has 0 aromatic rings. The minimum atomic E-state index is -4.54. The van der Waals surface area contributed by atoms with Gasteiger partial charge in [-0.2, -0.15) is 0 Å². The van der Waals surface area contributed by atoms with E-state index in [0.717, 1.165) is 103 Å². The van der Waals surface area contributed by atoms with Crippen molar-refractivity contribution >= 4 is 13.8 Å². The number of aliphatic hydroxyl groups excluding tert-OH is 2. The molecule has 3 N–H and O–H groups in total. The third kappa shape index (κ3) is 48.8. The van der Waals surface area contributed by atoms with Crippen LogP contribution in [0.4, 0.5) is 0 Å². The molecule has 368 valence electrons. The Hall–Kier alpha value is -2.62. The number of phosphoric ester groups is 1. The molecule has 0 aromatic heterocycles. The number of ether oxygens (including phenoxy) is 2. The van der Waals surface area contributed by atoms with Crippen LogP contribution >= 0.6 is 7.82 Å². The molecule has 0 aliphatic carbocycles. The zero-order valence-electron chi connectivity index (χ0n) is 40.5. The summed E-state index contributed by atoms with van der Waals surface area (Å²) in [6.45, 7) is 3.33. The standard InChI is InChI=1S/C54H93O9P/c1-3-5-7-9-11-13-15-17-19-21-23-25-27-29-31-33-35-37-39-41-43-45-47-60-50-53(51-62-64(58,59)61-49-52(56)48-55)63-54(57)46-44-42-40-38-36-34-32-30-28-26-24-22-20-18-16-14-12-10-8-6-4-2/h6,8,12,14-15,17-18,20-21,23-24,26-27,29-30,32,52-53,55-56H,3-5,7,9-11,13,16,19,22,25,28,31,33-51H2,1-2H3,(H,58,59)/b8-6-,14-12-,17-15-,20-18-,23-21-,26-24-,29-27-,32-30-. The molecule has 0 aliphatic rings. The van der Waals surface area contributed by atoms with Crippen molar-refractivity contribution in [1.82, 2.24) is 0 Å². The van der Waals surface area contributed by atoms with Crippen molar-refractivity contribution in [2.24, 2.45) is 0 Å². The highest BCUT2D eigenvalue weighted by Gasteiger charge is 2.26. The van der Waals surface area contributed by atoms with E-state index in [1.54, 1.807) is 0 Å². The number of phosphoric acid groups is 1. The molecule has 9 nitrogen and oxygen atoms in total. The van der Waals surface area contributed by atoms with E-state index in [0.29, 0.717) is 13.0 Å². The molecule has 0 aliphatic heterocycles. The lowest BCUT2D eigenvalue weighted by Crippen LogP contribution is -2.29. The molecule has 0 spiro atoms. The lowest BCUT2D eigenvalue weighted by atomic mass is 10.1. The van der Waals surface area contributed by atoms with Crippen LogP contribution in [0.15, 0.2) is 97.2 Å². The lowest BCUT2D eigenvalue weighted by Gasteiger charge is -2.20. The van der Waals surface area contributed by atoms with Crippen LogP contribution in [-0.2, 0) is 27.9 Å². The van der Waals surface area contributed by atoms with Crippen molar-refractivity contribution in [1.29, 1.82) is 0 Å². The maximum Gasteiger partial charge on any atom is 0.472 e. The molecule has 0 saturated heterocycles. The van der Waals surface area contributed by atoms with Crippen molar-refractivity contribution in [3.8, 4) is 0 Å². The van der Waals surface area contributed by atoms with Crippen LogP contribution in [0.3, 0.4) is 0 Å². The predicted octanol–water partition coefficient (Wildman–Crippen LogP) is 14.8.